The number of anilines is 1. The van der Waals surface area contributed by atoms with E-state index in [1.807, 2.05) is 42.5 Å². The third-order valence-corrected chi connectivity index (χ3v) is 2.66. The Morgan fingerprint density at radius 1 is 1.00 bits per heavy atom. The van der Waals surface area contributed by atoms with Gasteiger partial charge in [0.1, 0.15) is 0 Å². The van der Waals surface area contributed by atoms with E-state index in [0.29, 0.717) is 0 Å². The van der Waals surface area contributed by atoms with Crippen molar-refractivity contribution in [1.82, 2.24) is 0 Å². The van der Waals surface area contributed by atoms with Gasteiger partial charge in [0.15, 0.2) is 0 Å². The van der Waals surface area contributed by atoms with Crippen LogP contribution in [0.25, 0.3) is 11.1 Å². The molecule has 0 aliphatic carbocycles. The van der Waals surface area contributed by atoms with E-state index in [1.54, 1.807) is 6.20 Å². The highest BCUT2D eigenvalue weighted by Gasteiger charge is 1.96. The van der Waals surface area contributed by atoms with Gasteiger partial charge in [-0.05, 0) is 23.3 Å². The summed E-state index contributed by atoms with van der Waals surface area (Å²) in [6, 6.07) is 18.2. The van der Waals surface area contributed by atoms with E-state index in [9.17, 15) is 4.79 Å². The molecule has 0 bridgehead atoms. The Bertz CT molecular complexity index is 559. The van der Waals surface area contributed by atoms with Gasteiger partial charge in [-0.2, -0.15) is 0 Å². The third-order valence-electron chi connectivity index (χ3n) is 2.66. The van der Waals surface area contributed by atoms with Crippen LogP contribution in [0, 0.1) is 0 Å². The van der Waals surface area contributed by atoms with Crippen LogP contribution in [0.1, 0.15) is 0 Å². The van der Waals surface area contributed by atoms with Crippen molar-refractivity contribution >= 4 is 11.7 Å². The lowest BCUT2D eigenvalue weighted by Gasteiger charge is -2.04. The van der Waals surface area contributed by atoms with E-state index in [1.165, 1.54) is 18.7 Å². The van der Waals surface area contributed by atoms with Crippen molar-refractivity contribution in [2.75, 3.05) is 12.4 Å². The number of esters is 1. The van der Waals surface area contributed by atoms with Gasteiger partial charge in [0, 0.05) is 18.0 Å². The maximum Gasteiger partial charge on any atom is 0.331 e. The van der Waals surface area contributed by atoms with E-state index >= 15 is 0 Å². The van der Waals surface area contributed by atoms with Crippen LogP contribution < -0.4 is 5.32 Å². The molecule has 0 radical (unpaired) electrons. The Kier molecular flexibility index (Phi) is 4.34. The topological polar surface area (TPSA) is 38.3 Å². The van der Waals surface area contributed by atoms with Crippen LogP contribution in [-0.4, -0.2) is 13.1 Å². The van der Waals surface area contributed by atoms with Crippen molar-refractivity contribution in [2.45, 2.75) is 0 Å². The predicted octanol–water partition coefficient (Wildman–Crippen LogP) is 3.45. The summed E-state index contributed by atoms with van der Waals surface area (Å²) in [7, 11) is 1.35. The van der Waals surface area contributed by atoms with E-state index in [0.717, 1.165) is 11.3 Å². The van der Waals surface area contributed by atoms with Gasteiger partial charge < -0.3 is 10.1 Å². The number of carbonyl (C=O) groups is 1. The second kappa shape index (κ2) is 6.40. The maximum atomic E-state index is 10.9. The molecule has 0 aromatic heterocycles. The zero-order valence-corrected chi connectivity index (χ0v) is 10.7. The van der Waals surface area contributed by atoms with Gasteiger partial charge in [-0.3, -0.25) is 0 Å². The zero-order chi connectivity index (χ0) is 13.5. The Labute approximate surface area is 112 Å². The van der Waals surface area contributed by atoms with Crippen LogP contribution in [0.5, 0.6) is 0 Å². The minimum atomic E-state index is -0.381. The molecule has 1 N–H and O–H groups in total. The van der Waals surface area contributed by atoms with Gasteiger partial charge >= 0.3 is 5.97 Å². The van der Waals surface area contributed by atoms with Gasteiger partial charge in [-0.15, -0.1) is 0 Å². The lowest BCUT2D eigenvalue weighted by atomic mass is 10.1. The Morgan fingerprint density at radius 2 is 1.63 bits per heavy atom. The Hall–Kier alpha value is -2.55. The van der Waals surface area contributed by atoms with Crippen molar-refractivity contribution in [1.29, 1.82) is 0 Å². The van der Waals surface area contributed by atoms with E-state index in [4.69, 9.17) is 0 Å². The molecule has 0 amide bonds. The van der Waals surface area contributed by atoms with Gasteiger partial charge in [-0.1, -0.05) is 42.5 Å². The number of carbonyl (C=O) groups excluding carboxylic acids is 1. The first-order valence-electron chi connectivity index (χ1n) is 5.96. The molecule has 19 heavy (non-hydrogen) atoms. The summed E-state index contributed by atoms with van der Waals surface area (Å²) in [6.07, 6.45) is 2.90. The molecule has 96 valence electrons. The fourth-order valence-electron chi connectivity index (χ4n) is 1.66. The summed E-state index contributed by atoms with van der Waals surface area (Å²) >= 11 is 0. The lowest BCUT2D eigenvalue weighted by Crippen LogP contribution is -1.96. The highest BCUT2D eigenvalue weighted by Crippen LogP contribution is 2.20. The normalized spacial score (nSPS) is 10.4. The summed E-state index contributed by atoms with van der Waals surface area (Å²) < 4.78 is 4.50. The maximum absolute atomic E-state index is 10.9. The van der Waals surface area contributed by atoms with Crippen LogP contribution in [0.3, 0.4) is 0 Å². The molecule has 3 heteroatoms. The summed E-state index contributed by atoms with van der Waals surface area (Å²) in [4.78, 5) is 10.9. The fourth-order valence-corrected chi connectivity index (χ4v) is 1.66. The van der Waals surface area contributed by atoms with Crippen LogP contribution >= 0.6 is 0 Å². The molecule has 0 fully saturated rings. The van der Waals surface area contributed by atoms with Crippen LogP contribution in [0.4, 0.5) is 5.69 Å². The molecule has 0 unspecified atom stereocenters. The number of benzene rings is 2. The van der Waals surface area contributed by atoms with Crippen LogP contribution in [0.2, 0.25) is 0 Å². The summed E-state index contributed by atoms with van der Waals surface area (Å²) in [5.74, 6) is -0.381. The lowest BCUT2D eigenvalue weighted by molar-refractivity contribution is -0.134. The number of hydrogen-bond acceptors (Lipinski definition) is 3. The van der Waals surface area contributed by atoms with Crippen LogP contribution in [0.15, 0.2) is 66.9 Å². The highest BCUT2D eigenvalue weighted by atomic mass is 16.5. The molecule has 2 aromatic carbocycles. The van der Waals surface area contributed by atoms with Gasteiger partial charge in [-0.25, -0.2) is 4.79 Å². The second-order valence-electron chi connectivity index (χ2n) is 3.94. The van der Waals surface area contributed by atoms with Crippen molar-refractivity contribution in [3.8, 4) is 11.1 Å². The minimum absolute atomic E-state index is 0.381. The van der Waals surface area contributed by atoms with Gasteiger partial charge in [0.2, 0.25) is 0 Å². The average molecular weight is 253 g/mol. The van der Waals surface area contributed by atoms with Gasteiger partial charge in [0.25, 0.3) is 0 Å². The first-order chi connectivity index (χ1) is 9.29. The van der Waals surface area contributed by atoms with Crippen molar-refractivity contribution in [3.63, 3.8) is 0 Å². The quantitative estimate of drug-likeness (QED) is 0.670. The highest BCUT2D eigenvalue weighted by molar-refractivity contribution is 5.82. The number of rotatable bonds is 4. The molecular weight excluding hydrogens is 238 g/mol. The number of ether oxygens (including phenoxy) is 1. The Balaban J connectivity index is 2.03. The summed E-state index contributed by atoms with van der Waals surface area (Å²) in [5.41, 5.74) is 3.25. The molecule has 0 saturated heterocycles. The molecule has 0 spiro atoms. The summed E-state index contributed by atoms with van der Waals surface area (Å²) in [5, 5.41) is 3.01. The standard InChI is InChI=1S/C16H15NO2/c1-19-16(18)11-12-17-15-9-7-14(8-10-15)13-5-3-2-4-6-13/h2-12,17H,1H3/b12-11+. The van der Waals surface area contributed by atoms with Gasteiger partial charge in [0.05, 0.1) is 7.11 Å². The largest absolute Gasteiger partial charge is 0.466 e. The monoisotopic (exact) mass is 253 g/mol. The first-order valence-corrected chi connectivity index (χ1v) is 5.96. The van der Waals surface area contributed by atoms with Crippen molar-refractivity contribution in [3.05, 3.63) is 66.9 Å². The van der Waals surface area contributed by atoms with E-state index < -0.39 is 0 Å². The van der Waals surface area contributed by atoms with E-state index in [-0.39, 0.29) is 5.97 Å². The molecular formula is C16H15NO2. The molecule has 0 heterocycles. The third kappa shape index (κ3) is 3.71. The number of nitrogens with one attached hydrogen (secondary N) is 1. The number of methoxy groups -OCH3 is 1. The van der Waals surface area contributed by atoms with Crippen LogP contribution in [-0.2, 0) is 9.53 Å². The molecule has 0 aliphatic rings. The average Bonchev–Trinajstić information content (AvgIpc) is 2.48. The molecule has 0 aliphatic heterocycles. The van der Waals surface area contributed by atoms with Crippen molar-refractivity contribution in [2.24, 2.45) is 0 Å². The molecule has 0 atom stereocenters. The first kappa shape index (κ1) is 12.9. The molecule has 2 rings (SSSR count). The molecule has 3 nitrogen and oxygen atoms in total. The van der Waals surface area contributed by atoms with E-state index in [2.05, 4.69) is 22.2 Å². The Morgan fingerprint density at radius 3 is 2.26 bits per heavy atom. The molecule has 2 aromatic rings. The number of hydrogen-bond donors (Lipinski definition) is 1. The van der Waals surface area contributed by atoms with Crippen molar-refractivity contribution < 1.29 is 9.53 Å². The molecule has 0 saturated carbocycles. The SMILES string of the molecule is COC(=O)/C=C/Nc1ccc(-c2ccccc2)cc1. The summed E-state index contributed by atoms with van der Waals surface area (Å²) in [6.45, 7) is 0. The predicted molar refractivity (Wildman–Crippen MR) is 76.7 cm³/mol. The minimum Gasteiger partial charge on any atom is -0.466 e. The zero-order valence-electron chi connectivity index (χ0n) is 10.7. The fraction of sp³-hybridized carbons (Fsp3) is 0.0625. The second-order valence-corrected chi connectivity index (χ2v) is 3.94. The smallest absolute Gasteiger partial charge is 0.331 e.